The van der Waals surface area contributed by atoms with Crippen LogP contribution in [0.4, 0.5) is 19.0 Å². The number of rotatable bonds is 3. The normalized spacial score (nSPS) is 11.3. The number of anilines is 1. The van der Waals surface area contributed by atoms with Crippen molar-refractivity contribution in [3.63, 3.8) is 0 Å². The van der Waals surface area contributed by atoms with Gasteiger partial charge in [-0.2, -0.15) is 18.2 Å². The third-order valence-electron chi connectivity index (χ3n) is 2.44. The lowest BCUT2D eigenvalue weighted by molar-refractivity contribution is -0.137. The van der Waals surface area contributed by atoms with Crippen LogP contribution in [0.15, 0.2) is 30.3 Å². The second-order valence-electron chi connectivity index (χ2n) is 4.03. The first-order valence-electron chi connectivity index (χ1n) is 5.69. The third-order valence-corrected chi connectivity index (χ3v) is 2.88. The summed E-state index contributed by atoms with van der Waals surface area (Å²) in [5.41, 5.74) is -0.870. The fourth-order valence-electron chi connectivity index (χ4n) is 1.56. The molecule has 0 fully saturated rings. The Bertz CT molecular complexity index is 642. The van der Waals surface area contributed by atoms with Gasteiger partial charge in [0.15, 0.2) is 0 Å². The quantitative estimate of drug-likeness (QED) is 0.832. The first-order chi connectivity index (χ1) is 9.77. The van der Waals surface area contributed by atoms with Gasteiger partial charge in [-0.25, -0.2) is 0 Å². The van der Waals surface area contributed by atoms with Crippen LogP contribution < -0.4 is 10.1 Å². The van der Waals surface area contributed by atoms with Crippen LogP contribution in [0.3, 0.4) is 0 Å². The van der Waals surface area contributed by atoms with E-state index in [-0.39, 0.29) is 17.4 Å². The van der Waals surface area contributed by atoms with E-state index in [2.05, 4.69) is 10.3 Å². The van der Waals surface area contributed by atoms with Crippen LogP contribution in [0.5, 0.6) is 11.6 Å². The Morgan fingerprint density at radius 3 is 2.19 bits per heavy atom. The SMILES string of the molecule is CNc1cc(C(F)(F)F)cc(Oc2cc(Cl)cc(Cl)c2)n1. The highest BCUT2D eigenvalue weighted by atomic mass is 35.5. The van der Waals surface area contributed by atoms with E-state index in [0.717, 1.165) is 12.1 Å². The van der Waals surface area contributed by atoms with E-state index in [1.54, 1.807) is 0 Å². The van der Waals surface area contributed by atoms with Crippen molar-refractivity contribution in [3.05, 3.63) is 45.9 Å². The fourth-order valence-corrected chi connectivity index (χ4v) is 2.06. The summed E-state index contributed by atoms with van der Waals surface area (Å²) in [6.45, 7) is 0. The van der Waals surface area contributed by atoms with Crippen molar-refractivity contribution in [2.75, 3.05) is 12.4 Å². The molecule has 112 valence electrons. The predicted molar refractivity (Wildman–Crippen MR) is 75.3 cm³/mol. The van der Waals surface area contributed by atoms with E-state index in [0.29, 0.717) is 10.0 Å². The molecule has 0 atom stereocenters. The molecule has 0 saturated heterocycles. The van der Waals surface area contributed by atoms with Crippen molar-refractivity contribution < 1.29 is 17.9 Å². The lowest BCUT2D eigenvalue weighted by Gasteiger charge is -2.12. The summed E-state index contributed by atoms with van der Waals surface area (Å²) < 4.78 is 43.7. The molecule has 1 aromatic heterocycles. The fraction of sp³-hybridized carbons (Fsp3) is 0.154. The van der Waals surface area contributed by atoms with Crippen molar-refractivity contribution >= 4 is 29.0 Å². The minimum Gasteiger partial charge on any atom is -0.439 e. The number of halogens is 5. The number of hydrogen-bond donors (Lipinski definition) is 1. The van der Waals surface area contributed by atoms with Gasteiger partial charge < -0.3 is 10.1 Å². The summed E-state index contributed by atoms with van der Waals surface area (Å²) in [7, 11) is 1.46. The van der Waals surface area contributed by atoms with Crippen LogP contribution in [0.25, 0.3) is 0 Å². The predicted octanol–water partition coefficient (Wildman–Crippen LogP) is 5.24. The molecule has 0 aliphatic rings. The van der Waals surface area contributed by atoms with Crippen molar-refractivity contribution in [1.82, 2.24) is 4.98 Å². The summed E-state index contributed by atoms with van der Waals surface area (Å²) in [6, 6.07) is 6.02. The van der Waals surface area contributed by atoms with E-state index in [4.69, 9.17) is 27.9 Å². The van der Waals surface area contributed by atoms with Crippen molar-refractivity contribution in [3.8, 4) is 11.6 Å². The Morgan fingerprint density at radius 1 is 1.05 bits per heavy atom. The van der Waals surface area contributed by atoms with Gasteiger partial charge in [-0.05, 0) is 24.3 Å². The summed E-state index contributed by atoms with van der Waals surface area (Å²) >= 11 is 11.6. The molecule has 1 aromatic carbocycles. The molecule has 3 nitrogen and oxygen atoms in total. The van der Waals surface area contributed by atoms with E-state index in [1.807, 2.05) is 0 Å². The maximum atomic E-state index is 12.8. The van der Waals surface area contributed by atoms with Gasteiger partial charge in [0.2, 0.25) is 5.88 Å². The smallest absolute Gasteiger partial charge is 0.416 e. The maximum absolute atomic E-state index is 12.8. The van der Waals surface area contributed by atoms with Crippen molar-refractivity contribution in [2.24, 2.45) is 0 Å². The Kier molecular flexibility index (Phi) is 4.49. The van der Waals surface area contributed by atoms with E-state index in [1.165, 1.54) is 25.2 Å². The molecule has 0 unspecified atom stereocenters. The van der Waals surface area contributed by atoms with Crippen LogP contribution in [0.1, 0.15) is 5.56 Å². The van der Waals surface area contributed by atoms with Gasteiger partial charge in [0.05, 0.1) is 5.56 Å². The number of aromatic nitrogens is 1. The van der Waals surface area contributed by atoms with Gasteiger partial charge in [-0.1, -0.05) is 23.2 Å². The average Bonchev–Trinajstić information content (AvgIpc) is 2.36. The molecule has 0 spiro atoms. The summed E-state index contributed by atoms with van der Waals surface area (Å²) in [4.78, 5) is 3.90. The molecule has 2 rings (SSSR count). The number of pyridine rings is 1. The van der Waals surface area contributed by atoms with Gasteiger partial charge in [0.25, 0.3) is 0 Å². The molecule has 0 aliphatic heterocycles. The Hall–Kier alpha value is -1.66. The molecule has 8 heteroatoms. The zero-order valence-corrected chi connectivity index (χ0v) is 12.1. The molecule has 0 aliphatic carbocycles. The second kappa shape index (κ2) is 5.99. The highest BCUT2D eigenvalue weighted by Gasteiger charge is 2.32. The monoisotopic (exact) mass is 336 g/mol. The summed E-state index contributed by atoms with van der Waals surface area (Å²) in [5, 5.41) is 3.15. The Labute approximate surface area is 128 Å². The lowest BCUT2D eigenvalue weighted by atomic mass is 10.2. The number of nitrogens with zero attached hydrogens (tertiary/aromatic N) is 1. The number of ether oxygens (including phenoxy) is 1. The van der Waals surface area contributed by atoms with Gasteiger partial charge in [0, 0.05) is 23.2 Å². The molecule has 1 heterocycles. The highest BCUT2D eigenvalue weighted by Crippen LogP contribution is 2.34. The van der Waals surface area contributed by atoms with Gasteiger partial charge in [-0.15, -0.1) is 0 Å². The molecule has 0 bridgehead atoms. The van der Waals surface area contributed by atoms with Crippen molar-refractivity contribution in [1.29, 1.82) is 0 Å². The number of benzene rings is 1. The molecular formula is C13H9Cl2F3N2O. The maximum Gasteiger partial charge on any atom is 0.416 e. The van der Waals surface area contributed by atoms with Gasteiger partial charge in [0.1, 0.15) is 11.6 Å². The largest absolute Gasteiger partial charge is 0.439 e. The molecule has 21 heavy (non-hydrogen) atoms. The van der Waals surface area contributed by atoms with E-state index >= 15 is 0 Å². The first-order valence-corrected chi connectivity index (χ1v) is 6.44. The number of hydrogen-bond acceptors (Lipinski definition) is 3. The van der Waals surface area contributed by atoms with Gasteiger partial charge in [-0.3, -0.25) is 0 Å². The Balaban J connectivity index is 2.39. The second-order valence-corrected chi connectivity index (χ2v) is 4.91. The molecular weight excluding hydrogens is 328 g/mol. The highest BCUT2D eigenvalue weighted by molar-refractivity contribution is 6.34. The van der Waals surface area contributed by atoms with E-state index in [9.17, 15) is 13.2 Å². The lowest BCUT2D eigenvalue weighted by Crippen LogP contribution is -2.07. The Morgan fingerprint density at radius 2 is 1.67 bits per heavy atom. The zero-order valence-electron chi connectivity index (χ0n) is 10.6. The minimum absolute atomic E-state index is 0.0351. The standard InChI is InChI=1S/C13H9Cl2F3N2O/c1-19-11-2-7(13(16,17)18)3-12(20-11)21-10-5-8(14)4-9(15)6-10/h2-6H,1H3,(H,19,20). The topological polar surface area (TPSA) is 34.1 Å². The third kappa shape index (κ3) is 4.15. The summed E-state index contributed by atoms with van der Waals surface area (Å²) in [5.74, 6) is 0.0156. The van der Waals surface area contributed by atoms with Crippen LogP contribution in [-0.2, 0) is 6.18 Å². The van der Waals surface area contributed by atoms with Crippen LogP contribution in [-0.4, -0.2) is 12.0 Å². The molecule has 0 radical (unpaired) electrons. The summed E-state index contributed by atoms with van der Waals surface area (Å²) in [6.07, 6.45) is -4.50. The van der Waals surface area contributed by atoms with Crippen LogP contribution in [0.2, 0.25) is 10.0 Å². The van der Waals surface area contributed by atoms with Crippen LogP contribution >= 0.6 is 23.2 Å². The number of alkyl halides is 3. The first kappa shape index (κ1) is 15.7. The minimum atomic E-state index is -4.50. The molecule has 0 amide bonds. The van der Waals surface area contributed by atoms with E-state index < -0.39 is 11.7 Å². The average molecular weight is 337 g/mol. The molecule has 2 aromatic rings. The van der Waals surface area contributed by atoms with Crippen LogP contribution in [0, 0.1) is 0 Å². The van der Waals surface area contributed by atoms with Gasteiger partial charge >= 0.3 is 6.18 Å². The van der Waals surface area contributed by atoms with Crippen molar-refractivity contribution in [2.45, 2.75) is 6.18 Å². The molecule has 0 saturated carbocycles. The number of nitrogens with one attached hydrogen (secondary N) is 1. The zero-order chi connectivity index (χ0) is 15.6. The molecule has 1 N–H and O–H groups in total.